The SMILES string of the molecule is Cc1ccccc1C(C)NC(=O)CC(C)CN. The highest BCUT2D eigenvalue weighted by Gasteiger charge is 2.13. The van der Waals surface area contributed by atoms with Crippen LogP contribution in [0.3, 0.4) is 0 Å². The van der Waals surface area contributed by atoms with Crippen LogP contribution in [0.25, 0.3) is 0 Å². The van der Waals surface area contributed by atoms with Crippen molar-refractivity contribution in [2.75, 3.05) is 6.54 Å². The number of hydrogen-bond acceptors (Lipinski definition) is 2. The van der Waals surface area contributed by atoms with E-state index in [4.69, 9.17) is 5.73 Å². The Labute approximate surface area is 103 Å². The molecule has 0 aliphatic heterocycles. The maximum atomic E-state index is 11.7. The fraction of sp³-hybridized carbons (Fsp3) is 0.500. The topological polar surface area (TPSA) is 55.1 Å². The molecule has 1 amide bonds. The maximum absolute atomic E-state index is 11.7. The van der Waals surface area contributed by atoms with Gasteiger partial charge in [0.1, 0.15) is 0 Å². The van der Waals surface area contributed by atoms with Crippen LogP contribution < -0.4 is 11.1 Å². The zero-order valence-electron chi connectivity index (χ0n) is 10.9. The Kier molecular flexibility index (Phi) is 5.16. The average Bonchev–Trinajstić information content (AvgIpc) is 2.29. The summed E-state index contributed by atoms with van der Waals surface area (Å²) < 4.78 is 0. The third-order valence-electron chi connectivity index (χ3n) is 2.97. The van der Waals surface area contributed by atoms with Crippen molar-refractivity contribution in [3.63, 3.8) is 0 Å². The molecular formula is C14H22N2O. The highest BCUT2D eigenvalue weighted by molar-refractivity contribution is 5.76. The summed E-state index contributed by atoms with van der Waals surface area (Å²) in [5.74, 6) is 0.303. The van der Waals surface area contributed by atoms with Gasteiger partial charge in [-0.15, -0.1) is 0 Å². The molecule has 1 aromatic carbocycles. The number of hydrogen-bond donors (Lipinski definition) is 2. The van der Waals surface area contributed by atoms with E-state index in [1.807, 2.05) is 32.0 Å². The first-order chi connectivity index (χ1) is 8.04. The van der Waals surface area contributed by atoms with E-state index in [-0.39, 0.29) is 17.9 Å². The van der Waals surface area contributed by atoms with E-state index in [9.17, 15) is 4.79 Å². The molecule has 1 rings (SSSR count). The van der Waals surface area contributed by atoms with Crippen molar-refractivity contribution < 1.29 is 4.79 Å². The third-order valence-corrected chi connectivity index (χ3v) is 2.97. The quantitative estimate of drug-likeness (QED) is 0.820. The normalized spacial score (nSPS) is 14.1. The Morgan fingerprint density at radius 3 is 2.59 bits per heavy atom. The Bertz CT molecular complexity index is 376. The second-order valence-electron chi connectivity index (χ2n) is 4.69. The molecule has 0 saturated heterocycles. The molecule has 1 aromatic rings. The Morgan fingerprint density at radius 2 is 2.00 bits per heavy atom. The van der Waals surface area contributed by atoms with Crippen LogP contribution in [-0.2, 0) is 4.79 Å². The van der Waals surface area contributed by atoms with Gasteiger partial charge in [0, 0.05) is 6.42 Å². The van der Waals surface area contributed by atoms with E-state index < -0.39 is 0 Å². The molecule has 17 heavy (non-hydrogen) atoms. The lowest BCUT2D eigenvalue weighted by Gasteiger charge is -2.17. The Balaban J connectivity index is 2.58. The number of benzene rings is 1. The lowest BCUT2D eigenvalue weighted by Crippen LogP contribution is -2.29. The monoisotopic (exact) mass is 234 g/mol. The lowest BCUT2D eigenvalue weighted by molar-refractivity contribution is -0.122. The zero-order chi connectivity index (χ0) is 12.8. The fourth-order valence-electron chi connectivity index (χ4n) is 1.85. The van der Waals surface area contributed by atoms with Crippen molar-refractivity contribution in [1.82, 2.24) is 5.32 Å². The summed E-state index contributed by atoms with van der Waals surface area (Å²) in [7, 11) is 0. The molecule has 0 bridgehead atoms. The molecule has 0 saturated carbocycles. The number of amides is 1. The number of carbonyl (C=O) groups is 1. The first-order valence-corrected chi connectivity index (χ1v) is 6.09. The van der Waals surface area contributed by atoms with Crippen LogP contribution in [0.2, 0.25) is 0 Å². The summed E-state index contributed by atoms with van der Waals surface area (Å²) in [5.41, 5.74) is 7.88. The molecule has 0 aliphatic rings. The summed E-state index contributed by atoms with van der Waals surface area (Å²) in [5, 5.41) is 3.01. The molecule has 0 spiro atoms. The number of aryl methyl sites for hydroxylation is 1. The van der Waals surface area contributed by atoms with Gasteiger partial charge < -0.3 is 11.1 Å². The summed E-state index contributed by atoms with van der Waals surface area (Å²) in [6.07, 6.45) is 0.493. The second-order valence-corrected chi connectivity index (χ2v) is 4.69. The number of nitrogens with two attached hydrogens (primary N) is 1. The molecule has 3 nitrogen and oxygen atoms in total. The van der Waals surface area contributed by atoms with E-state index >= 15 is 0 Å². The van der Waals surface area contributed by atoms with Crippen molar-refractivity contribution >= 4 is 5.91 Å². The van der Waals surface area contributed by atoms with Crippen LogP contribution in [-0.4, -0.2) is 12.5 Å². The smallest absolute Gasteiger partial charge is 0.220 e. The van der Waals surface area contributed by atoms with Crippen LogP contribution in [0, 0.1) is 12.8 Å². The number of nitrogens with one attached hydrogen (secondary N) is 1. The fourth-order valence-corrected chi connectivity index (χ4v) is 1.85. The molecule has 2 atom stereocenters. The molecule has 0 fully saturated rings. The van der Waals surface area contributed by atoms with E-state index in [2.05, 4.69) is 18.3 Å². The summed E-state index contributed by atoms with van der Waals surface area (Å²) in [4.78, 5) is 11.7. The van der Waals surface area contributed by atoms with Crippen molar-refractivity contribution in [2.45, 2.75) is 33.2 Å². The van der Waals surface area contributed by atoms with Crippen LogP contribution in [0.4, 0.5) is 0 Å². The van der Waals surface area contributed by atoms with Crippen molar-refractivity contribution in [3.8, 4) is 0 Å². The minimum Gasteiger partial charge on any atom is -0.350 e. The first kappa shape index (κ1) is 13.7. The Hall–Kier alpha value is -1.35. The highest BCUT2D eigenvalue weighted by atomic mass is 16.1. The minimum atomic E-state index is 0.0497. The van der Waals surface area contributed by atoms with Gasteiger partial charge in [-0.1, -0.05) is 31.2 Å². The summed E-state index contributed by atoms with van der Waals surface area (Å²) >= 11 is 0. The molecule has 0 radical (unpaired) electrons. The van der Waals surface area contributed by atoms with E-state index in [0.717, 1.165) is 0 Å². The first-order valence-electron chi connectivity index (χ1n) is 6.09. The van der Waals surface area contributed by atoms with Crippen LogP contribution in [0.15, 0.2) is 24.3 Å². The third kappa shape index (κ3) is 4.19. The van der Waals surface area contributed by atoms with Gasteiger partial charge in [-0.05, 0) is 37.4 Å². The molecule has 3 heteroatoms. The predicted molar refractivity (Wildman–Crippen MR) is 70.6 cm³/mol. The van der Waals surface area contributed by atoms with Gasteiger partial charge >= 0.3 is 0 Å². The lowest BCUT2D eigenvalue weighted by atomic mass is 10.0. The van der Waals surface area contributed by atoms with Gasteiger partial charge in [-0.25, -0.2) is 0 Å². The zero-order valence-corrected chi connectivity index (χ0v) is 10.9. The Morgan fingerprint density at radius 1 is 1.35 bits per heavy atom. The molecule has 2 unspecified atom stereocenters. The van der Waals surface area contributed by atoms with Crippen molar-refractivity contribution in [2.24, 2.45) is 11.7 Å². The average molecular weight is 234 g/mol. The maximum Gasteiger partial charge on any atom is 0.220 e. The van der Waals surface area contributed by atoms with Gasteiger partial charge in [-0.2, -0.15) is 0 Å². The van der Waals surface area contributed by atoms with Gasteiger partial charge in [0.15, 0.2) is 0 Å². The van der Waals surface area contributed by atoms with Gasteiger partial charge in [0.2, 0.25) is 5.91 Å². The van der Waals surface area contributed by atoms with E-state index in [1.165, 1.54) is 11.1 Å². The summed E-state index contributed by atoms with van der Waals surface area (Å²) in [6.45, 7) is 6.60. The molecule has 0 heterocycles. The second kappa shape index (κ2) is 6.40. The molecule has 3 N–H and O–H groups in total. The van der Waals surface area contributed by atoms with Crippen LogP contribution >= 0.6 is 0 Å². The predicted octanol–water partition coefficient (Wildman–Crippen LogP) is 2.16. The molecule has 94 valence electrons. The van der Waals surface area contributed by atoms with Crippen molar-refractivity contribution in [1.29, 1.82) is 0 Å². The van der Waals surface area contributed by atoms with Gasteiger partial charge in [0.05, 0.1) is 6.04 Å². The number of carbonyl (C=O) groups excluding carboxylic acids is 1. The summed E-state index contributed by atoms with van der Waals surface area (Å²) in [6, 6.07) is 8.15. The van der Waals surface area contributed by atoms with Gasteiger partial charge in [-0.3, -0.25) is 4.79 Å². The molecule has 0 aliphatic carbocycles. The minimum absolute atomic E-state index is 0.0497. The largest absolute Gasteiger partial charge is 0.350 e. The molecular weight excluding hydrogens is 212 g/mol. The van der Waals surface area contributed by atoms with Crippen LogP contribution in [0.1, 0.15) is 37.4 Å². The van der Waals surface area contributed by atoms with Crippen molar-refractivity contribution in [3.05, 3.63) is 35.4 Å². The van der Waals surface area contributed by atoms with E-state index in [0.29, 0.717) is 13.0 Å². The molecule has 0 aromatic heterocycles. The standard InChI is InChI=1S/C14H22N2O/c1-10(9-15)8-14(17)16-12(3)13-7-5-4-6-11(13)2/h4-7,10,12H,8-9,15H2,1-3H3,(H,16,17). The highest BCUT2D eigenvalue weighted by Crippen LogP contribution is 2.16. The van der Waals surface area contributed by atoms with E-state index in [1.54, 1.807) is 0 Å². The number of rotatable bonds is 5. The van der Waals surface area contributed by atoms with Crippen LogP contribution in [0.5, 0.6) is 0 Å². The van der Waals surface area contributed by atoms with Gasteiger partial charge in [0.25, 0.3) is 0 Å².